The van der Waals surface area contributed by atoms with E-state index in [1.54, 1.807) is 0 Å². The number of hydrogen-bond donors (Lipinski definition) is 0. The number of hydrogen-bond acceptors (Lipinski definition) is 3. The third-order valence-electron chi connectivity index (χ3n) is 12.8. The van der Waals surface area contributed by atoms with E-state index in [0.717, 1.165) is 62.9 Å². The minimum absolute atomic E-state index is 0.739. The summed E-state index contributed by atoms with van der Waals surface area (Å²) in [6.07, 6.45) is 47.7. The van der Waals surface area contributed by atoms with E-state index in [4.69, 9.17) is 14.2 Å². The Hall–Kier alpha value is -1.42. The van der Waals surface area contributed by atoms with Crippen LogP contribution in [0.5, 0.6) is 17.2 Å². The van der Waals surface area contributed by atoms with Gasteiger partial charge in [0.2, 0.25) is 5.75 Å². The van der Waals surface area contributed by atoms with Gasteiger partial charge >= 0.3 is 0 Å². The van der Waals surface area contributed by atoms with E-state index >= 15 is 0 Å². The standard InChI is InChI=1S/C55H106NO3/c1-7-13-19-22-25-28-31-34-37-40-46-57-53-49-52(51-56(43-16-10-4,44-17-11-5)45-18-12-6)50-54(58-47-41-38-35-32-29-26-23-20-14-8-2)55(53)59-48-42-39-36-33-30-27-24-21-15-9-3/h49-50H,7-48,51H2,1-6H3/q+1. The van der Waals surface area contributed by atoms with Crippen molar-refractivity contribution in [1.29, 1.82) is 0 Å². The zero-order valence-corrected chi connectivity index (χ0v) is 41.2. The van der Waals surface area contributed by atoms with Gasteiger partial charge in [0.1, 0.15) is 6.54 Å². The molecule has 0 aliphatic rings. The fraction of sp³-hybridized carbons (Fsp3) is 0.891. The zero-order valence-electron chi connectivity index (χ0n) is 41.2. The molecule has 1 rings (SSSR count). The molecule has 0 saturated carbocycles. The van der Waals surface area contributed by atoms with E-state index in [1.807, 2.05) is 0 Å². The molecule has 0 aliphatic heterocycles. The second-order valence-corrected chi connectivity index (χ2v) is 18.7. The van der Waals surface area contributed by atoms with Crippen LogP contribution in [-0.4, -0.2) is 43.9 Å². The Labute approximate surface area is 371 Å². The Balaban J connectivity index is 3.14. The van der Waals surface area contributed by atoms with Gasteiger partial charge in [0.05, 0.1) is 39.5 Å². The van der Waals surface area contributed by atoms with Crippen molar-refractivity contribution >= 4 is 0 Å². The highest BCUT2D eigenvalue weighted by molar-refractivity contribution is 5.54. The van der Waals surface area contributed by atoms with Crippen molar-refractivity contribution in [2.75, 3.05) is 39.5 Å². The molecule has 0 bridgehead atoms. The van der Waals surface area contributed by atoms with Gasteiger partial charge in [-0.1, -0.05) is 234 Å². The normalized spacial score (nSPS) is 11.8. The summed E-state index contributed by atoms with van der Waals surface area (Å²) in [7, 11) is 0. The lowest BCUT2D eigenvalue weighted by Gasteiger charge is -2.39. The SMILES string of the molecule is CCCCCCCCCCCCOc1cc(C[N+](CCCC)(CCCC)CCCC)cc(OCCCCCCCCCCCC)c1OCCCCCCCCCCCC. The summed E-state index contributed by atoms with van der Waals surface area (Å²) in [5.41, 5.74) is 1.37. The van der Waals surface area contributed by atoms with E-state index in [2.05, 4.69) is 53.7 Å². The van der Waals surface area contributed by atoms with Crippen molar-refractivity contribution in [3.63, 3.8) is 0 Å². The van der Waals surface area contributed by atoms with Gasteiger partial charge in [0, 0.05) is 5.56 Å². The fourth-order valence-corrected chi connectivity index (χ4v) is 8.83. The van der Waals surface area contributed by atoms with E-state index < -0.39 is 0 Å². The van der Waals surface area contributed by atoms with Crippen LogP contribution < -0.4 is 14.2 Å². The van der Waals surface area contributed by atoms with Crippen LogP contribution in [0.15, 0.2) is 12.1 Å². The average molecular weight is 829 g/mol. The van der Waals surface area contributed by atoms with Crippen LogP contribution in [0, 0.1) is 0 Å². The van der Waals surface area contributed by atoms with E-state index in [9.17, 15) is 0 Å². The summed E-state index contributed by atoms with van der Waals surface area (Å²) in [5.74, 6) is 2.74. The number of benzene rings is 1. The lowest BCUT2D eigenvalue weighted by molar-refractivity contribution is -0.941. The van der Waals surface area contributed by atoms with Gasteiger partial charge in [-0.05, 0) is 50.7 Å². The van der Waals surface area contributed by atoms with Crippen molar-refractivity contribution in [2.24, 2.45) is 0 Å². The molecule has 0 aromatic heterocycles. The summed E-state index contributed by atoms with van der Waals surface area (Å²) < 4.78 is 21.5. The third kappa shape index (κ3) is 31.1. The van der Waals surface area contributed by atoms with Crippen molar-refractivity contribution in [3.8, 4) is 17.2 Å². The highest BCUT2D eigenvalue weighted by Crippen LogP contribution is 2.41. The Kier molecular flexibility index (Phi) is 39.5. The van der Waals surface area contributed by atoms with Crippen LogP contribution in [0.2, 0.25) is 0 Å². The molecule has 59 heavy (non-hydrogen) atoms. The molecule has 1 aromatic carbocycles. The Morgan fingerprint density at radius 2 is 0.559 bits per heavy atom. The monoisotopic (exact) mass is 829 g/mol. The molecule has 4 nitrogen and oxygen atoms in total. The largest absolute Gasteiger partial charge is 0.490 e. The zero-order chi connectivity index (χ0) is 42.8. The average Bonchev–Trinajstić information content (AvgIpc) is 3.24. The Bertz CT molecular complexity index is 941. The van der Waals surface area contributed by atoms with Gasteiger partial charge in [-0.3, -0.25) is 0 Å². The van der Waals surface area contributed by atoms with Gasteiger partial charge in [-0.25, -0.2) is 0 Å². The maximum absolute atomic E-state index is 6.79. The molecule has 0 saturated heterocycles. The summed E-state index contributed by atoms with van der Waals surface area (Å²) in [6.45, 7) is 21.1. The van der Waals surface area contributed by atoms with Gasteiger partial charge in [-0.2, -0.15) is 0 Å². The quantitative estimate of drug-likeness (QED) is 0.0484. The topological polar surface area (TPSA) is 27.7 Å². The van der Waals surface area contributed by atoms with Crippen molar-refractivity contribution in [2.45, 2.75) is 279 Å². The molecule has 0 fully saturated rings. The van der Waals surface area contributed by atoms with E-state index in [1.165, 1.54) is 242 Å². The first-order valence-electron chi connectivity index (χ1n) is 27.0. The van der Waals surface area contributed by atoms with Crippen LogP contribution in [-0.2, 0) is 6.54 Å². The van der Waals surface area contributed by atoms with Crippen LogP contribution in [0.25, 0.3) is 0 Å². The van der Waals surface area contributed by atoms with E-state index in [0.29, 0.717) is 0 Å². The first-order valence-corrected chi connectivity index (χ1v) is 27.0. The highest BCUT2D eigenvalue weighted by atomic mass is 16.5. The van der Waals surface area contributed by atoms with Crippen molar-refractivity contribution < 1.29 is 18.7 Å². The number of quaternary nitrogens is 1. The molecule has 1 aromatic rings. The second-order valence-electron chi connectivity index (χ2n) is 18.7. The summed E-state index contributed by atoms with van der Waals surface area (Å²) >= 11 is 0. The van der Waals surface area contributed by atoms with Gasteiger partial charge in [0.25, 0.3) is 0 Å². The van der Waals surface area contributed by atoms with Crippen LogP contribution in [0.4, 0.5) is 0 Å². The summed E-state index contributed by atoms with van der Waals surface area (Å²) in [5, 5.41) is 0. The lowest BCUT2D eigenvalue weighted by Crippen LogP contribution is -2.49. The molecule has 0 radical (unpaired) electrons. The molecule has 0 heterocycles. The molecule has 0 aliphatic carbocycles. The molecule has 0 N–H and O–H groups in total. The molecular formula is C55H106NO3+. The molecule has 4 heteroatoms. The minimum Gasteiger partial charge on any atom is -0.490 e. The van der Waals surface area contributed by atoms with Crippen LogP contribution in [0.1, 0.15) is 278 Å². The van der Waals surface area contributed by atoms with Crippen LogP contribution in [0.3, 0.4) is 0 Å². The molecule has 0 amide bonds. The second kappa shape index (κ2) is 41.9. The maximum Gasteiger partial charge on any atom is 0.203 e. The van der Waals surface area contributed by atoms with E-state index in [-0.39, 0.29) is 0 Å². The predicted octanol–water partition coefficient (Wildman–Crippen LogP) is 18.3. The number of unbranched alkanes of at least 4 members (excludes halogenated alkanes) is 30. The first-order chi connectivity index (χ1) is 29.1. The first kappa shape index (κ1) is 55.6. The van der Waals surface area contributed by atoms with Gasteiger partial charge in [-0.15, -0.1) is 0 Å². The lowest BCUT2D eigenvalue weighted by atomic mass is 10.1. The molecule has 0 unspecified atom stereocenters. The summed E-state index contributed by atoms with van der Waals surface area (Å²) in [6, 6.07) is 4.74. The highest BCUT2D eigenvalue weighted by Gasteiger charge is 2.28. The Morgan fingerprint density at radius 1 is 0.305 bits per heavy atom. The molecular weight excluding hydrogens is 723 g/mol. The van der Waals surface area contributed by atoms with Crippen molar-refractivity contribution in [1.82, 2.24) is 0 Å². The number of rotatable bonds is 47. The number of nitrogens with zero attached hydrogens (tertiary/aromatic N) is 1. The number of ether oxygens (including phenoxy) is 3. The smallest absolute Gasteiger partial charge is 0.203 e. The molecule has 0 spiro atoms. The van der Waals surface area contributed by atoms with Crippen molar-refractivity contribution in [3.05, 3.63) is 17.7 Å². The maximum atomic E-state index is 6.79. The van der Waals surface area contributed by atoms with Gasteiger partial charge in [0.15, 0.2) is 11.5 Å². The van der Waals surface area contributed by atoms with Gasteiger partial charge < -0.3 is 18.7 Å². The Morgan fingerprint density at radius 3 is 0.847 bits per heavy atom. The fourth-order valence-electron chi connectivity index (χ4n) is 8.83. The molecule has 348 valence electrons. The molecule has 0 atom stereocenters. The summed E-state index contributed by atoms with van der Waals surface area (Å²) in [4.78, 5) is 0. The predicted molar refractivity (Wildman–Crippen MR) is 262 cm³/mol. The van der Waals surface area contributed by atoms with Crippen LogP contribution >= 0.6 is 0 Å². The third-order valence-corrected chi connectivity index (χ3v) is 12.8. The minimum atomic E-state index is 0.739.